The Labute approximate surface area is 93.6 Å². The molecule has 0 aliphatic carbocycles. The van der Waals surface area contributed by atoms with E-state index >= 15 is 0 Å². The summed E-state index contributed by atoms with van der Waals surface area (Å²) >= 11 is 1.70. The molecule has 0 unspecified atom stereocenters. The molecule has 13 heavy (non-hydrogen) atoms. The molecule has 0 rings (SSSR count). The van der Waals surface area contributed by atoms with Crippen LogP contribution in [0.1, 0.15) is 58.3 Å². The second-order valence-corrected chi connectivity index (χ2v) is 3.81. The summed E-state index contributed by atoms with van der Waals surface area (Å²) in [6, 6.07) is 0. The van der Waals surface area contributed by atoms with E-state index in [2.05, 4.69) is 10.7 Å². The quantitative estimate of drug-likeness (QED) is 0.492. The van der Waals surface area contributed by atoms with Crippen LogP contribution in [0.25, 0.3) is 0 Å². The zero-order valence-electron chi connectivity index (χ0n) is 8.57. The topological polar surface area (TPSA) is 29.1 Å². The fraction of sp³-hybridized carbons (Fsp3) is 0.900. The molecular formula is C10H20NOTi. The predicted molar refractivity (Wildman–Crippen MR) is 50.8 cm³/mol. The van der Waals surface area contributed by atoms with Crippen molar-refractivity contribution >= 4 is 5.91 Å². The third kappa shape index (κ3) is 10.1. The van der Waals surface area contributed by atoms with Gasteiger partial charge in [-0.25, -0.2) is 0 Å². The molecule has 3 heteroatoms. The van der Waals surface area contributed by atoms with Crippen molar-refractivity contribution in [2.75, 3.05) is 0 Å². The molecule has 0 radical (unpaired) electrons. The molecule has 0 atom stereocenters. The first-order valence-electron chi connectivity index (χ1n) is 5.26. The molecule has 0 fully saturated rings. The molecule has 0 aromatic rings. The van der Waals surface area contributed by atoms with Gasteiger partial charge in [-0.1, -0.05) is 0 Å². The third-order valence-corrected chi connectivity index (χ3v) is 2.58. The Kier molecular flexibility index (Phi) is 10.4. The van der Waals surface area contributed by atoms with Gasteiger partial charge in [-0.3, -0.25) is 0 Å². The van der Waals surface area contributed by atoms with Crippen molar-refractivity contribution in [1.29, 1.82) is 0 Å². The Morgan fingerprint density at radius 3 is 2.15 bits per heavy atom. The summed E-state index contributed by atoms with van der Waals surface area (Å²) in [6.07, 6.45) is 9.59. The van der Waals surface area contributed by atoms with Gasteiger partial charge < -0.3 is 0 Å². The van der Waals surface area contributed by atoms with Crippen molar-refractivity contribution < 1.29 is 25.5 Å². The van der Waals surface area contributed by atoms with Crippen molar-refractivity contribution in [3.8, 4) is 0 Å². The molecule has 0 heterocycles. The Bertz CT molecular complexity index is 128. The van der Waals surface area contributed by atoms with Crippen molar-refractivity contribution in [1.82, 2.24) is 3.80 Å². The Morgan fingerprint density at radius 1 is 1.08 bits per heavy atom. The van der Waals surface area contributed by atoms with E-state index in [1.807, 2.05) is 0 Å². The monoisotopic (exact) mass is 218 g/mol. The van der Waals surface area contributed by atoms with E-state index in [1.54, 1.807) is 20.7 Å². The van der Waals surface area contributed by atoms with Crippen LogP contribution >= 0.6 is 0 Å². The molecule has 1 amide bonds. The molecule has 0 saturated carbocycles. The van der Waals surface area contributed by atoms with E-state index in [0.717, 1.165) is 6.42 Å². The molecule has 2 nitrogen and oxygen atoms in total. The summed E-state index contributed by atoms with van der Waals surface area (Å²) in [5.74, 6) is 0.175. The van der Waals surface area contributed by atoms with Crippen molar-refractivity contribution in [3.63, 3.8) is 0 Å². The molecule has 0 aliphatic heterocycles. The van der Waals surface area contributed by atoms with Gasteiger partial charge in [0.15, 0.2) is 0 Å². The van der Waals surface area contributed by atoms with Crippen LogP contribution in [0.3, 0.4) is 0 Å². The first kappa shape index (κ1) is 13.2. The van der Waals surface area contributed by atoms with Crippen LogP contribution in [0.2, 0.25) is 0 Å². The molecular weight excluding hydrogens is 198 g/mol. The summed E-state index contributed by atoms with van der Waals surface area (Å²) < 4.78 is 2.64. The number of unbranched alkanes of at least 4 members (excludes halogenated alkanes) is 6. The average molecular weight is 218 g/mol. The van der Waals surface area contributed by atoms with E-state index < -0.39 is 0 Å². The molecule has 0 bridgehead atoms. The van der Waals surface area contributed by atoms with Crippen LogP contribution in [-0.2, 0) is 25.5 Å². The number of hydrogen-bond acceptors (Lipinski definition) is 1. The van der Waals surface area contributed by atoms with Gasteiger partial charge in [0, 0.05) is 0 Å². The average Bonchev–Trinajstić information content (AvgIpc) is 2.16. The number of amides is 1. The fourth-order valence-electron chi connectivity index (χ4n) is 1.31. The number of nitrogens with one attached hydrogen (secondary N) is 1. The predicted octanol–water partition coefficient (Wildman–Crippen LogP) is 2.71. The van der Waals surface area contributed by atoms with Gasteiger partial charge in [-0.05, 0) is 0 Å². The maximum atomic E-state index is 10.8. The standard InChI is InChI=1S/C10H21NO.Ti/c1-2-3-4-5-6-7-8-9-10(11)12;/h2-9H2,1H3,(H2,11,12);/q;+1/p-1. The summed E-state index contributed by atoms with van der Waals surface area (Å²) in [6.45, 7) is 2.23. The van der Waals surface area contributed by atoms with Crippen molar-refractivity contribution in [2.45, 2.75) is 58.3 Å². The summed E-state index contributed by atoms with van der Waals surface area (Å²) in [4.78, 5) is 10.8. The van der Waals surface area contributed by atoms with Gasteiger partial charge in [0.25, 0.3) is 0 Å². The van der Waals surface area contributed by atoms with Gasteiger partial charge in [-0.15, -0.1) is 0 Å². The van der Waals surface area contributed by atoms with Crippen molar-refractivity contribution in [2.24, 2.45) is 0 Å². The van der Waals surface area contributed by atoms with Gasteiger partial charge in [-0.2, -0.15) is 0 Å². The van der Waals surface area contributed by atoms with Crippen LogP contribution in [0, 0.1) is 0 Å². The van der Waals surface area contributed by atoms with Gasteiger partial charge in [0.1, 0.15) is 0 Å². The maximum absolute atomic E-state index is 10.8. The molecule has 0 spiro atoms. The number of carbonyl (C=O) groups excluding carboxylic acids is 1. The number of carbonyl (C=O) groups is 1. The van der Waals surface area contributed by atoms with E-state index in [1.165, 1.54) is 38.5 Å². The fourth-order valence-corrected chi connectivity index (χ4v) is 1.50. The zero-order chi connectivity index (χ0) is 9.94. The number of rotatable bonds is 8. The molecule has 0 aromatic carbocycles. The van der Waals surface area contributed by atoms with Crippen LogP contribution in [0.4, 0.5) is 0 Å². The van der Waals surface area contributed by atoms with E-state index in [-0.39, 0.29) is 5.91 Å². The molecule has 0 saturated heterocycles. The van der Waals surface area contributed by atoms with E-state index in [9.17, 15) is 4.79 Å². The zero-order valence-corrected chi connectivity index (χ0v) is 10.1. The first-order chi connectivity index (χ1) is 6.31. The molecule has 0 aromatic heterocycles. The Morgan fingerprint density at radius 2 is 1.62 bits per heavy atom. The van der Waals surface area contributed by atoms with Crippen LogP contribution in [-0.4, -0.2) is 5.91 Å². The Balaban J connectivity index is 2.95. The molecule has 0 aliphatic rings. The third-order valence-electron chi connectivity index (χ3n) is 2.15. The summed E-state index contributed by atoms with van der Waals surface area (Å²) in [7, 11) is 0. The van der Waals surface area contributed by atoms with Gasteiger partial charge in [0.05, 0.1) is 0 Å². The second-order valence-electron chi connectivity index (χ2n) is 3.42. The summed E-state index contributed by atoms with van der Waals surface area (Å²) in [5.41, 5.74) is 0. The van der Waals surface area contributed by atoms with E-state index in [0.29, 0.717) is 6.42 Å². The van der Waals surface area contributed by atoms with Crippen LogP contribution in [0.5, 0.6) is 0 Å². The number of hydrogen-bond donors (Lipinski definition) is 1. The van der Waals surface area contributed by atoms with Crippen LogP contribution < -0.4 is 3.80 Å². The van der Waals surface area contributed by atoms with Crippen LogP contribution in [0.15, 0.2) is 0 Å². The molecule has 75 valence electrons. The summed E-state index contributed by atoms with van der Waals surface area (Å²) in [5, 5.41) is 0. The minimum absolute atomic E-state index is 0.175. The second kappa shape index (κ2) is 10.3. The van der Waals surface area contributed by atoms with Gasteiger partial charge >= 0.3 is 93.5 Å². The Hall–Kier alpha value is 0.184. The van der Waals surface area contributed by atoms with Gasteiger partial charge in [0.2, 0.25) is 0 Å². The normalized spacial score (nSPS) is 9.85. The van der Waals surface area contributed by atoms with Crippen molar-refractivity contribution in [3.05, 3.63) is 0 Å². The molecule has 1 N–H and O–H groups in total. The van der Waals surface area contributed by atoms with E-state index in [4.69, 9.17) is 0 Å². The first-order valence-corrected chi connectivity index (χ1v) is 6.05. The SMILES string of the molecule is CCCCCCCCCC(=O)[NH][Ti]. The minimum atomic E-state index is 0.175.